The van der Waals surface area contributed by atoms with Gasteiger partial charge >= 0.3 is 0 Å². The zero-order valence-corrected chi connectivity index (χ0v) is 15.8. The molecule has 2 aromatic carbocycles. The number of nitrogens with zero attached hydrogens (tertiary/aromatic N) is 2. The van der Waals surface area contributed by atoms with Crippen molar-refractivity contribution in [3.8, 4) is 5.75 Å². The molecule has 3 aromatic rings. The van der Waals surface area contributed by atoms with Gasteiger partial charge in [0.25, 0.3) is 5.91 Å². The molecule has 5 nitrogen and oxygen atoms in total. The summed E-state index contributed by atoms with van der Waals surface area (Å²) >= 11 is 1.50. The van der Waals surface area contributed by atoms with Crippen LogP contribution in [0.3, 0.4) is 0 Å². The van der Waals surface area contributed by atoms with E-state index in [-0.39, 0.29) is 12.5 Å². The lowest BCUT2D eigenvalue weighted by molar-refractivity contribution is -0.120. The predicted octanol–water partition coefficient (Wildman–Crippen LogP) is 3.55. The van der Waals surface area contributed by atoms with E-state index >= 15 is 0 Å². The summed E-state index contributed by atoms with van der Waals surface area (Å²) in [7, 11) is 0. The van der Waals surface area contributed by atoms with Crippen molar-refractivity contribution in [2.45, 2.75) is 20.4 Å². The largest absolute Gasteiger partial charge is 0.483 e. The Labute approximate surface area is 156 Å². The molecule has 0 radical (unpaired) electrons. The number of para-hydroxylation sites is 2. The minimum atomic E-state index is -0.301. The summed E-state index contributed by atoms with van der Waals surface area (Å²) < 4.78 is 14.2. The fraction of sp³-hybridized carbons (Fsp3) is 0.300. The lowest BCUT2D eigenvalue weighted by Crippen LogP contribution is -2.21. The van der Waals surface area contributed by atoms with Gasteiger partial charge in [0.1, 0.15) is 5.75 Å². The number of aromatic nitrogens is 1. The van der Waals surface area contributed by atoms with Gasteiger partial charge in [-0.1, -0.05) is 41.7 Å². The first-order chi connectivity index (χ1) is 12.7. The van der Waals surface area contributed by atoms with Crippen molar-refractivity contribution in [2.75, 3.05) is 19.8 Å². The first-order valence-corrected chi connectivity index (χ1v) is 9.43. The number of thiazole rings is 1. The van der Waals surface area contributed by atoms with Gasteiger partial charge in [-0.15, -0.1) is 0 Å². The van der Waals surface area contributed by atoms with Crippen molar-refractivity contribution in [1.82, 2.24) is 4.57 Å². The number of ether oxygens (including phenoxy) is 2. The summed E-state index contributed by atoms with van der Waals surface area (Å²) in [5.41, 5.74) is 2.05. The molecule has 26 heavy (non-hydrogen) atoms. The minimum absolute atomic E-state index is 0.0788. The first-order valence-electron chi connectivity index (χ1n) is 8.61. The van der Waals surface area contributed by atoms with Crippen molar-refractivity contribution < 1.29 is 14.3 Å². The average molecular weight is 370 g/mol. The highest BCUT2D eigenvalue weighted by molar-refractivity contribution is 7.16. The van der Waals surface area contributed by atoms with Crippen LogP contribution in [-0.2, 0) is 16.1 Å². The van der Waals surface area contributed by atoms with Gasteiger partial charge in [0.15, 0.2) is 11.4 Å². The van der Waals surface area contributed by atoms with Crippen LogP contribution in [0.1, 0.15) is 12.5 Å². The topological polar surface area (TPSA) is 52.8 Å². The van der Waals surface area contributed by atoms with E-state index < -0.39 is 0 Å². The standard InChI is InChI=1S/C20H22N2O3S/c1-3-24-13-12-22-16-9-5-7-11-18(16)26-20(22)21-19(23)14-25-17-10-6-4-8-15(17)2/h4-11H,3,12-14H2,1-2H3. The molecule has 6 heteroatoms. The molecule has 0 N–H and O–H groups in total. The molecule has 0 aliphatic carbocycles. The van der Waals surface area contributed by atoms with Crippen LogP contribution < -0.4 is 9.54 Å². The van der Waals surface area contributed by atoms with Gasteiger partial charge in [0, 0.05) is 13.2 Å². The third-order valence-electron chi connectivity index (χ3n) is 3.92. The lowest BCUT2D eigenvalue weighted by atomic mass is 10.2. The summed E-state index contributed by atoms with van der Waals surface area (Å²) in [5.74, 6) is 0.404. The van der Waals surface area contributed by atoms with E-state index in [0.29, 0.717) is 30.3 Å². The number of benzene rings is 2. The molecule has 0 saturated carbocycles. The number of fused-ring (bicyclic) bond motifs is 1. The number of rotatable bonds is 7. The third-order valence-corrected chi connectivity index (χ3v) is 4.98. The summed E-state index contributed by atoms with van der Waals surface area (Å²) in [6.07, 6.45) is 0. The fourth-order valence-electron chi connectivity index (χ4n) is 2.62. The second-order valence-corrected chi connectivity index (χ2v) is 6.77. The Morgan fingerprint density at radius 1 is 1.15 bits per heavy atom. The Bertz CT molecular complexity index is 959. The predicted molar refractivity (Wildman–Crippen MR) is 104 cm³/mol. The van der Waals surface area contributed by atoms with Crippen LogP contribution in [0, 0.1) is 6.92 Å². The highest BCUT2D eigenvalue weighted by atomic mass is 32.1. The Kier molecular flexibility index (Phi) is 6.20. The summed E-state index contributed by atoms with van der Waals surface area (Å²) in [6.45, 7) is 5.74. The number of carbonyl (C=O) groups excluding carboxylic acids is 1. The molecule has 1 heterocycles. The molecule has 0 bridgehead atoms. The molecule has 0 saturated heterocycles. The third kappa shape index (κ3) is 4.39. The van der Waals surface area contributed by atoms with Crippen LogP contribution in [0.4, 0.5) is 0 Å². The van der Waals surface area contributed by atoms with Gasteiger partial charge in [0.2, 0.25) is 0 Å². The second-order valence-electron chi connectivity index (χ2n) is 5.76. The van der Waals surface area contributed by atoms with E-state index in [1.54, 1.807) is 0 Å². The smallest absolute Gasteiger partial charge is 0.286 e. The molecule has 1 amide bonds. The van der Waals surface area contributed by atoms with Crippen LogP contribution in [0.2, 0.25) is 0 Å². The summed E-state index contributed by atoms with van der Waals surface area (Å²) in [6, 6.07) is 15.7. The lowest BCUT2D eigenvalue weighted by Gasteiger charge is -2.07. The number of amides is 1. The van der Waals surface area contributed by atoms with E-state index in [1.807, 2.05) is 66.9 Å². The first kappa shape index (κ1) is 18.4. The van der Waals surface area contributed by atoms with Gasteiger partial charge in [-0.3, -0.25) is 4.79 Å². The molecule has 0 unspecified atom stereocenters. The zero-order chi connectivity index (χ0) is 18.4. The molecular weight excluding hydrogens is 348 g/mol. The van der Waals surface area contributed by atoms with E-state index in [2.05, 4.69) is 4.99 Å². The van der Waals surface area contributed by atoms with Crippen molar-refractivity contribution in [1.29, 1.82) is 0 Å². The van der Waals surface area contributed by atoms with Crippen LogP contribution in [0.25, 0.3) is 10.2 Å². The Morgan fingerprint density at radius 2 is 1.92 bits per heavy atom. The minimum Gasteiger partial charge on any atom is -0.483 e. The SMILES string of the molecule is CCOCCn1c(=NC(=O)COc2ccccc2C)sc2ccccc21. The van der Waals surface area contributed by atoms with Gasteiger partial charge in [-0.2, -0.15) is 4.99 Å². The molecule has 0 spiro atoms. The van der Waals surface area contributed by atoms with Crippen molar-refractivity contribution in [3.63, 3.8) is 0 Å². The highest BCUT2D eigenvalue weighted by Crippen LogP contribution is 2.17. The molecule has 1 aromatic heterocycles. The number of aryl methyl sites for hydroxylation is 1. The van der Waals surface area contributed by atoms with Gasteiger partial charge in [-0.25, -0.2) is 0 Å². The highest BCUT2D eigenvalue weighted by Gasteiger charge is 2.08. The Morgan fingerprint density at radius 3 is 2.73 bits per heavy atom. The van der Waals surface area contributed by atoms with E-state index in [1.165, 1.54) is 11.3 Å². The maximum atomic E-state index is 12.3. The average Bonchev–Trinajstić information content (AvgIpc) is 2.98. The van der Waals surface area contributed by atoms with Crippen molar-refractivity contribution in [3.05, 3.63) is 58.9 Å². The van der Waals surface area contributed by atoms with E-state index in [0.717, 1.165) is 15.8 Å². The van der Waals surface area contributed by atoms with Crippen LogP contribution >= 0.6 is 11.3 Å². The molecule has 3 rings (SSSR count). The number of hydrogen-bond donors (Lipinski definition) is 0. The van der Waals surface area contributed by atoms with Crippen LogP contribution in [0.15, 0.2) is 53.5 Å². The van der Waals surface area contributed by atoms with Crippen LogP contribution in [0.5, 0.6) is 5.75 Å². The second kappa shape index (κ2) is 8.78. The Hall–Kier alpha value is -2.44. The molecule has 0 atom stereocenters. The molecule has 0 aliphatic rings. The van der Waals surface area contributed by atoms with Gasteiger partial charge in [0.05, 0.1) is 16.8 Å². The van der Waals surface area contributed by atoms with Crippen molar-refractivity contribution >= 4 is 27.5 Å². The van der Waals surface area contributed by atoms with Crippen molar-refractivity contribution in [2.24, 2.45) is 4.99 Å². The van der Waals surface area contributed by atoms with Gasteiger partial charge < -0.3 is 14.0 Å². The molecular formula is C20H22N2O3S. The molecule has 0 fully saturated rings. The fourth-order valence-corrected chi connectivity index (χ4v) is 3.69. The maximum Gasteiger partial charge on any atom is 0.286 e. The molecule has 136 valence electrons. The summed E-state index contributed by atoms with van der Waals surface area (Å²) in [5, 5.41) is 0. The number of hydrogen-bond acceptors (Lipinski definition) is 4. The normalized spacial score (nSPS) is 11.8. The van der Waals surface area contributed by atoms with E-state index in [4.69, 9.17) is 9.47 Å². The monoisotopic (exact) mass is 370 g/mol. The van der Waals surface area contributed by atoms with E-state index in [9.17, 15) is 4.79 Å². The quantitative estimate of drug-likeness (QED) is 0.598. The zero-order valence-electron chi connectivity index (χ0n) is 15.0. The molecule has 0 aliphatic heterocycles. The maximum absolute atomic E-state index is 12.3. The van der Waals surface area contributed by atoms with Gasteiger partial charge in [-0.05, 0) is 37.6 Å². The van der Waals surface area contributed by atoms with Crippen LogP contribution in [-0.4, -0.2) is 30.3 Å². The number of carbonyl (C=O) groups is 1. The summed E-state index contributed by atoms with van der Waals surface area (Å²) in [4.78, 5) is 17.3. The Balaban J connectivity index is 1.82.